The zero-order chi connectivity index (χ0) is 11.3. The van der Waals surface area contributed by atoms with Crippen molar-refractivity contribution >= 4 is 17.5 Å². The average Bonchev–Trinajstić information content (AvgIpc) is 2.16. The van der Waals surface area contributed by atoms with E-state index in [0.29, 0.717) is 12.3 Å². The molecule has 0 N–H and O–H groups in total. The Morgan fingerprint density at radius 1 is 1.20 bits per heavy atom. The van der Waals surface area contributed by atoms with E-state index in [1.165, 1.54) is 0 Å². The van der Waals surface area contributed by atoms with Crippen LogP contribution in [0.4, 0.5) is 5.69 Å². The fourth-order valence-electron chi connectivity index (χ4n) is 0.953. The lowest BCUT2D eigenvalue weighted by Gasteiger charge is -2.18. The summed E-state index contributed by atoms with van der Waals surface area (Å²) in [5.74, 6) is 0.832. The molecular weight excluding hydrogens is 212 g/mol. The summed E-state index contributed by atoms with van der Waals surface area (Å²) in [5.41, 5.74) is 0.877. The highest BCUT2D eigenvalue weighted by molar-refractivity contribution is 6.14. The fourth-order valence-corrected chi connectivity index (χ4v) is 1.04. The molecule has 0 saturated heterocycles. The van der Waals surface area contributed by atoms with Gasteiger partial charge in [0.25, 0.3) is 0 Å². The van der Waals surface area contributed by atoms with Crippen molar-refractivity contribution in [3.05, 3.63) is 24.3 Å². The second kappa shape index (κ2) is 5.12. The lowest BCUT2D eigenvalue weighted by Crippen LogP contribution is -2.16. The molecule has 0 amide bonds. The van der Waals surface area contributed by atoms with E-state index in [4.69, 9.17) is 16.5 Å². The minimum Gasteiger partial charge on any atom is -0.493 e. The standard InChI is InChI=1S/C11H15ClN2O/c1-11(2,3)8-15-10-6-4-9(5-7-10)13-14-12/h4-7H,8H2,1-3H3. The number of nitrogens with zero attached hydrogens (tertiary/aromatic N) is 2. The molecule has 1 aromatic carbocycles. The summed E-state index contributed by atoms with van der Waals surface area (Å²) >= 11 is 5.12. The van der Waals surface area contributed by atoms with Gasteiger partial charge in [-0.3, -0.25) is 0 Å². The van der Waals surface area contributed by atoms with Gasteiger partial charge in [0.15, 0.2) is 0 Å². The highest BCUT2D eigenvalue weighted by Gasteiger charge is 2.10. The van der Waals surface area contributed by atoms with Crippen molar-refractivity contribution in [2.45, 2.75) is 20.8 Å². The maximum absolute atomic E-state index is 5.60. The Kier molecular flexibility index (Phi) is 4.09. The lowest BCUT2D eigenvalue weighted by molar-refractivity contribution is 0.198. The lowest BCUT2D eigenvalue weighted by atomic mass is 9.99. The van der Waals surface area contributed by atoms with Crippen molar-refractivity contribution in [3.63, 3.8) is 0 Å². The summed E-state index contributed by atoms with van der Waals surface area (Å²) in [4.78, 5) is 0. The third-order valence-electron chi connectivity index (χ3n) is 1.66. The monoisotopic (exact) mass is 226 g/mol. The quantitative estimate of drug-likeness (QED) is 0.706. The third kappa shape index (κ3) is 4.79. The van der Waals surface area contributed by atoms with Crippen LogP contribution in [0.3, 0.4) is 0 Å². The molecule has 0 fully saturated rings. The Labute approximate surface area is 95.2 Å². The number of halogens is 1. The van der Waals surface area contributed by atoms with Gasteiger partial charge in [0.05, 0.1) is 24.1 Å². The van der Waals surface area contributed by atoms with E-state index in [-0.39, 0.29) is 5.41 Å². The maximum Gasteiger partial charge on any atom is 0.119 e. The van der Waals surface area contributed by atoms with Gasteiger partial charge in [0, 0.05) is 0 Å². The molecule has 0 heterocycles. The zero-order valence-corrected chi connectivity index (χ0v) is 9.95. The van der Waals surface area contributed by atoms with Crippen molar-refractivity contribution in [1.29, 1.82) is 0 Å². The SMILES string of the molecule is CC(C)(C)COc1ccc(N=NCl)cc1. The number of ether oxygens (including phenoxy) is 1. The molecule has 15 heavy (non-hydrogen) atoms. The molecular formula is C11H15ClN2O. The Bertz CT molecular complexity index is 327. The minimum absolute atomic E-state index is 0.161. The predicted octanol–water partition coefficient (Wildman–Crippen LogP) is 4.35. The number of hydrogen-bond donors (Lipinski definition) is 0. The second-order valence-corrected chi connectivity index (χ2v) is 4.67. The van der Waals surface area contributed by atoms with Crippen LogP contribution in [0.25, 0.3) is 0 Å². The molecule has 0 atom stereocenters. The molecule has 0 bridgehead atoms. The van der Waals surface area contributed by atoms with Gasteiger partial charge in [-0.25, -0.2) is 0 Å². The molecule has 0 aliphatic heterocycles. The maximum atomic E-state index is 5.60. The molecule has 0 radical (unpaired) electrons. The van der Waals surface area contributed by atoms with Gasteiger partial charge in [-0.05, 0) is 29.7 Å². The summed E-state index contributed by atoms with van der Waals surface area (Å²) in [6, 6.07) is 7.33. The second-order valence-electron chi connectivity index (χ2n) is 4.52. The van der Waals surface area contributed by atoms with E-state index in [0.717, 1.165) is 5.75 Å². The van der Waals surface area contributed by atoms with Crippen LogP contribution < -0.4 is 4.74 Å². The van der Waals surface area contributed by atoms with E-state index in [9.17, 15) is 0 Å². The van der Waals surface area contributed by atoms with Crippen LogP contribution in [0.1, 0.15) is 20.8 Å². The summed E-state index contributed by atoms with van der Waals surface area (Å²) in [7, 11) is 0. The third-order valence-corrected chi connectivity index (χ3v) is 1.74. The first-order chi connectivity index (χ1) is 7.01. The summed E-state index contributed by atoms with van der Waals surface area (Å²) in [5, 5.41) is 3.69. The largest absolute Gasteiger partial charge is 0.493 e. The normalized spacial score (nSPS) is 12.0. The predicted molar refractivity (Wildman–Crippen MR) is 61.8 cm³/mol. The molecule has 4 heteroatoms. The van der Waals surface area contributed by atoms with Crippen molar-refractivity contribution in [1.82, 2.24) is 0 Å². The van der Waals surface area contributed by atoms with Gasteiger partial charge in [-0.15, -0.1) is 5.11 Å². The molecule has 1 aromatic rings. The van der Waals surface area contributed by atoms with Crippen LogP contribution in [0.2, 0.25) is 0 Å². The van der Waals surface area contributed by atoms with Gasteiger partial charge in [0.1, 0.15) is 5.75 Å². The van der Waals surface area contributed by atoms with Gasteiger partial charge in [-0.1, -0.05) is 25.4 Å². The molecule has 82 valence electrons. The molecule has 0 aliphatic rings. The molecule has 0 aliphatic carbocycles. The number of rotatable bonds is 3. The highest BCUT2D eigenvalue weighted by atomic mass is 35.5. The van der Waals surface area contributed by atoms with Crippen molar-refractivity contribution in [2.24, 2.45) is 15.2 Å². The van der Waals surface area contributed by atoms with E-state index in [2.05, 4.69) is 30.5 Å². The highest BCUT2D eigenvalue weighted by Crippen LogP contribution is 2.21. The smallest absolute Gasteiger partial charge is 0.119 e. The van der Waals surface area contributed by atoms with Crippen LogP contribution in [0.15, 0.2) is 34.0 Å². The number of hydrogen-bond acceptors (Lipinski definition) is 3. The molecule has 3 nitrogen and oxygen atoms in total. The Balaban J connectivity index is 2.57. The molecule has 1 rings (SSSR count). The summed E-state index contributed by atoms with van der Waals surface area (Å²) in [6.07, 6.45) is 0. The van der Waals surface area contributed by atoms with E-state index in [1.54, 1.807) is 0 Å². The van der Waals surface area contributed by atoms with Crippen LogP contribution in [-0.4, -0.2) is 6.61 Å². The van der Waals surface area contributed by atoms with Crippen molar-refractivity contribution < 1.29 is 4.74 Å². The van der Waals surface area contributed by atoms with Crippen LogP contribution in [0, 0.1) is 5.41 Å². The first-order valence-corrected chi connectivity index (χ1v) is 5.10. The van der Waals surface area contributed by atoms with Gasteiger partial charge >= 0.3 is 0 Å². The summed E-state index contributed by atoms with van der Waals surface area (Å²) in [6.45, 7) is 7.07. The van der Waals surface area contributed by atoms with Crippen molar-refractivity contribution in [3.8, 4) is 5.75 Å². The Hall–Kier alpha value is -1.09. The first-order valence-electron chi connectivity index (χ1n) is 4.76. The van der Waals surface area contributed by atoms with Gasteiger partial charge < -0.3 is 4.74 Å². The first kappa shape index (κ1) is 12.0. The van der Waals surface area contributed by atoms with Gasteiger partial charge in [-0.2, -0.15) is 0 Å². The van der Waals surface area contributed by atoms with Gasteiger partial charge in [0.2, 0.25) is 0 Å². The molecule has 0 aromatic heterocycles. The van der Waals surface area contributed by atoms with Crippen molar-refractivity contribution in [2.75, 3.05) is 6.61 Å². The van der Waals surface area contributed by atoms with Crippen LogP contribution in [-0.2, 0) is 0 Å². The molecule has 0 spiro atoms. The zero-order valence-electron chi connectivity index (χ0n) is 9.20. The van der Waals surface area contributed by atoms with Crippen LogP contribution in [0.5, 0.6) is 5.75 Å². The molecule has 0 unspecified atom stereocenters. The Morgan fingerprint density at radius 3 is 2.27 bits per heavy atom. The van der Waals surface area contributed by atoms with Crippen LogP contribution >= 0.6 is 11.8 Å². The fraction of sp³-hybridized carbons (Fsp3) is 0.455. The average molecular weight is 227 g/mol. The van der Waals surface area contributed by atoms with E-state index in [1.807, 2.05) is 24.3 Å². The Morgan fingerprint density at radius 2 is 1.80 bits per heavy atom. The number of benzene rings is 1. The minimum atomic E-state index is 0.161. The van der Waals surface area contributed by atoms with E-state index >= 15 is 0 Å². The topological polar surface area (TPSA) is 34.0 Å². The summed E-state index contributed by atoms with van der Waals surface area (Å²) < 4.78 is 8.78. The molecule has 0 saturated carbocycles. The van der Waals surface area contributed by atoms with E-state index < -0.39 is 0 Å².